The SMILES string of the molecule is CCC(NS(=O)(=O)c1c(Cl)cc(Br)cc1Cl)c1nccs1. The van der Waals surface area contributed by atoms with Crippen LogP contribution in [0.25, 0.3) is 0 Å². The molecule has 1 aromatic heterocycles. The number of hydrogen-bond acceptors (Lipinski definition) is 4. The summed E-state index contributed by atoms with van der Waals surface area (Å²) >= 11 is 16.7. The van der Waals surface area contributed by atoms with Crippen LogP contribution in [0.4, 0.5) is 0 Å². The van der Waals surface area contributed by atoms with Gasteiger partial charge in [0.1, 0.15) is 9.90 Å². The van der Waals surface area contributed by atoms with E-state index in [1.807, 2.05) is 6.92 Å². The van der Waals surface area contributed by atoms with Crippen LogP contribution in [-0.4, -0.2) is 13.4 Å². The molecule has 0 bridgehead atoms. The lowest BCUT2D eigenvalue weighted by Gasteiger charge is -2.16. The Balaban J connectivity index is 2.39. The summed E-state index contributed by atoms with van der Waals surface area (Å²) in [7, 11) is -3.84. The zero-order chi connectivity index (χ0) is 15.6. The number of rotatable bonds is 5. The quantitative estimate of drug-likeness (QED) is 0.752. The number of thiazole rings is 1. The largest absolute Gasteiger partial charge is 0.248 e. The van der Waals surface area contributed by atoms with E-state index in [1.165, 1.54) is 23.5 Å². The molecule has 1 aromatic carbocycles. The van der Waals surface area contributed by atoms with Gasteiger partial charge in [-0.15, -0.1) is 11.3 Å². The summed E-state index contributed by atoms with van der Waals surface area (Å²) in [5.41, 5.74) is 0. The second kappa shape index (κ2) is 6.93. The fourth-order valence-corrected chi connectivity index (χ4v) is 5.81. The molecule has 0 radical (unpaired) electrons. The van der Waals surface area contributed by atoms with Crippen molar-refractivity contribution in [2.45, 2.75) is 24.3 Å². The molecule has 0 saturated heterocycles. The fourth-order valence-electron chi connectivity index (χ4n) is 1.75. The van der Waals surface area contributed by atoms with E-state index < -0.39 is 16.1 Å². The van der Waals surface area contributed by atoms with Gasteiger partial charge in [0.05, 0.1) is 16.1 Å². The summed E-state index contributed by atoms with van der Waals surface area (Å²) in [6.45, 7) is 1.87. The van der Waals surface area contributed by atoms with E-state index >= 15 is 0 Å². The van der Waals surface area contributed by atoms with Gasteiger partial charge in [0.15, 0.2) is 0 Å². The Bertz CT molecular complexity index is 713. The number of benzene rings is 1. The lowest BCUT2D eigenvalue weighted by molar-refractivity contribution is 0.549. The summed E-state index contributed by atoms with van der Waals surface area (Å²) in [4.78, 5) is 4.02. The van der Waals surface area contributed by atoms with Gasteiger partial charge in [0.2, 0.25) is 10.0 Å². The number of aromatic nitrogens is 1. The Morgan fingerprint density at radius 2 is 2.00 bits per heavy atom. The highest BCUT2D eigenvalue weighted by molar-refractivity contribution is 9.10. The van der Waals surface area contributed by atoms with Gasteiger partial charge in [0, 0.05) is 16.0 Å². The average Bonchev–Trinajstić information content (AvgIpc) is 2.87. The lowest BCUT2D eigenvalue weighted by Crippen LogP contribution is -2.28. The molecule has 0 aliphatic heterocycles. The van der Waals surface area contributed by atoms with Gasteiger partial charge >= 0.3 is 0 Å². The van der Waals surface area contributed by atoms with Crippen LogP contribution in [0, 0.1) is 0 Å². The molecule has 1 heterocycles. The highest BCUT2D eigenvalue weighted by Crippen LogP contribution is 2.34. The maximum absolute atomic E-state index is 12.5. The third-order valence-electron chi connectivity index (χ3n) is 2.69. The van der Waals surface area contributed by atoms with Gasteiger partial charge in [-0.2, -0.15) is 0 Å². The third-order valence-corrected chi connectivity index (χ3v) is 6.43. The first-order chi connectivity index (χ1) is 9.85. The summed E-state index contributed by atoms with van der Waals surface area (Å²) in [6, 6.07) is 2.57. The molecule has 1 N–H and O–H groups in total. The normalized spacial score (nSPS) is 13.3. The number of nitrogens with one attached hydrogen (secondary N) is 1. The number of halogens is 3. The van der Waals surface area contributed by atoms with E-state index in [4.69, 9.17) is 23.2 Å². The molecule has 0 aliphatic rings. The molecule has 4 nitrogen and oxygen atoms in total. The van der Waals surface area contributed by atoms with Gasteiger partial charge in [-0.05, 0) is 18.6 Å². The zero-order valence-corrected chi connectivity index (χ0v) is 15.5. The minimum Gasteiger partial charge on any atom is -0.248 e. The minimum atomic E-state index is -3.84. The predicted octanol–water partition coefficient (Wildman–Crippen LogP) is 4.64. The molecule has 114 valence electrons. The first-order valence-corrected chi connectivity index (χ1v) is 9.82. The van der Waals surface area contributed by atoms with E-state index in [1.54, 1.807) is 11.6 Å². The molecule has 1 atom stereocenters. The zero-order valence-electron chi connectivity index (χ0n) is 10.8. The number of nitrogens with zero attached hydrogens (tertiary/aromatic N) is 1. The van der Waals surface area contributed by atoms with Gasteiger partial charge in [-0.25, -0.2) is 18.1 Å². The minimum absolute atomic E-state index is 0.0656. The van der Waals surface area contributed by atoms with Crippen LogP contribution in [-0.2, 0) is 10.0 Å². The van der Waals surface area contributed by atoms with E-state index in [9.17, 15) is 8.42 Å². The molecule has 0 spiro atoms. The van der Waals surface area contributed by atoms with E-state index in [0.717, 1.165) is 0 Å². The molecule has 2 rings (SSSR count). The molecule has 1 unspecified atom stereocenters. The highest BCUT2D eigenvalue weighted by atomic mass is 79.9. The molecule has 21 heavy (non-hydrogen) atoms. The smallest absolute Gasteiger partial charge is 0.244 e. The number of sulfonamides is 1. The van der Waals surface area contributed by atoms with Crippen molar-refractivity contribution in [3.05, 3.63) is 43.2 Å². The van der Waals surface area contributed by atoms with E-state index in [2.05, 4.69) is 25.6 Å². The molecule has 0 saturated carbocycles. The average molecular weight is 430 g/mol. The molecule has 0 fully saturated rings. The Morgan fingerprint density at radius 3 is 2.48 bits per heavy atom. The van der Waals surface area contributed by atoms with Crippen LogP contribution in [0.1, 0.15) is 24.4 Å². The first kappa shape index (κ1) is 17.2. The predicted molar refractivity (Wildman–Crippen MR) is 89.6 cm³/mol. The molecule has 0 aliphatic carbocycles. The van der Waals surface area contributed by atoms with Crippen LogP contribution in [0.3, 0.4) is 0 Å². The van der Waals surface area contributed by atoms with Crippen molar-refractivity contribution >= 4 is 60.5 Å². The summed E-state index contributed by atoms with van der Waals surface area (Å²) in [5.74, 6) is 0. The molecule has 0 amide bonds. The molecular formula is C12H11BrCl2N2O2S2. The van der Waals surface area contributed by atoms with Gasteiger partial charge in [-0.1, -0.05) is 46.1 Å². The summed E-state index contributed by atoms with van der Waals surface area (Å²) < 4.78 is 28.3. The maximum atomic E-state index is 12.5. The Hall–Kier alpha value is -0.180. The van der Waals surface area contributed by atoms with Crippen molar-refractivity contribution in [1.29, 1.82) is 0 Å². The van der Waals surface area contributed by atoms with Crippen molar-refractivity contribution in [3.63, 3.8) is 0 Å². The second-order valence-corrected chi connectivity index (χ2v) is 8.46. The van der Waals surface area contributed by atoms with Crippen molar-refractivity contribution in [2.75, 3.05) is 0 Å². The van der Waals surface area contributed by atoms with Crippen molar-refractivity contribution < 1.29 is 8.42 Å². The standard InChI is InChI=1S/C12H11BrCl2N2O2S2/c1-2-10(12-16-3-4-20-12)17-21(18,19)11-8(14)5-7(13)6-9(11)15/h3-6,10,17H,2H2,1H3. The molecular weight excluding hydrogens is 419 g/mol. The molecule has 2 aromatic rings. The van der Waals surface area contributed by atoms with Gasteiger partial charge < -0.3 is 0 Å². The number of hydrogen-bond donors (Lipinski definition) is 1. The maximum Gasteiger partial charge on any atom is 0.244 e. The van der Waals surface area contributed by atoms with E-state index in [0.29, 0.717) is 15.9 Å². The van der Waals surface area contributed by atoms with Crippen LogP contribution in [0.5, 0.6) is 0 Å². The van der Waals surface area contributed by atoms with Crippen molar-refractivity contribution in [3.8, 4) is 0 Å². The fraction of sp³-hybridized carbons (Fsp3) is 0.250. The lowest BCUT2D eigenvalue weighted by atomic mass is 10.3. The third kappa shape index (κ3) is 3.97. The first-order valence-electron chi connectivity index (χ1n) is 5.91. The summed E-state index contributed by atoms with van der Waals surface area (Å²) in [6.07, 6.45) is 2.20. The van der Waals surface area contributed by atoms with Gasteiger partial charge in [0.25, 0.3) is 0 Å². The Labute approximate surface area is 145 Å². The molecule has 9 heteroatoms. The highest BCUT2D eigenvalue weighted by Gasteiger charge is 2.26. The summed E-state index contributed by atoms with van der Waals surface area (Å²) in [5, 5.41) is 2.63. The van der Waals surface area contributed by atoms with Crippen molar-refractivity contribution in [1.82, 2.24) is 9.71 Å². The van der Waals surface area contributed by atoms with Crippen LogP contribution >= 0.6 is 50.5 Å². The Kier molecular flexibility index (Phi) is 5.67. The van der Waals surface area contributed by atoms with Gasteiger partial charge in [-0.3, -0.25) is 0 Å². The van der Waals surface area contributed by atoms with Crippen LogP contribution in [0.15, 0.2) is 33.1 Å². The second-order valence-electron chi connectivity index (χ2n) is 4.15. The van der Waals surface area contributed by atoms with E-state index in [-0.39, 0.29) is 14.9 Å². The topological polar surface area (TPSA) is 59.1 Å². The monoisotopic (exact) mass is 428 g/mol. The van der Waals surface area contributed by atoms with Crippen LogP contribution < -0.4 is 4.72 Å². The van der Waals surface area contributed by atoms with Crippen molar-refractivity contribution in [2.24, 2.45) is 0 Å². The Morgan fingerprint density at radius 1 is 1.38 bits per heavy atom. The van der Waals surface area contributed by atoms with Crippen LogP contribution in [0.2, 0.25) is 10.0 Å².